The number of hydrogen-bond donors (Lipinski definition) is 1. The van der Waals surface area contributed by atoms with Gasteiger partial charge in [-0.25, -0.2) is 4.98 Å². The number of alkyl halides is 3. The molecule has 0 radical (unpaired) electrons. The van der Waals surface area contributed by atoms with Crippen molar-refractivity contribution in [3.8, 4) is 11.3 Å². The summed E-state index contributed by atoms with van der Waals surface area (Å²) in [4.78, 5) is 8.39. The highest BCUT2D eigenvalue weighted by Gasteiger charge is 2.37. The molecule has 3 aromatic rings. The van der Waals surface area contributed by atoms with Crippen molar-refractivity contribution in [1.29, 1.82) is 0 Å². The highest BCUT2D eigenvalue weighted by atomic mass is 32.2. The zero-order chi connectivity index (χ0) is 18.9. The Morgan fingerprint density at radius 3 is 2.73 bits per heavy atom. The van der Waals surface area contributed by atoms with Gasteiger partial charge in [-0.05, 0) is 35.8 Å². The number of thiophene rings is 1. The van der Waals surface area contributed by atoms with Gasteiger partial charge in [0.25, 0.3) is 0 Å². The molecule has 138 valence electrons. The molecule has 4 nitrogen and oxygen atoms in total. The van der Waals surface area contributed by atoms with Gasteiger partial charge in [0, 0.05) is 18.0 Å². The van der Waals surface area contributed by atoms with Gasteiger partial charge in [-0.1, -0.05) is 24.7 Å². The summed E-state index contributed by atoms with van der Waals surface area (Å²) in [6, 6.07) is 4.24. The van der Waals surface area contributed by atoms with E-state index in [1.807, 2.05) is 6.92 Å². The van der Waals surface area contributed by atoms with E-state index in [2.05, 4.69) is 9.97 Å². The minimum atomic E-state index is -4.60. The first-order valence-corrected chi connectivity index (χ1v) is 10.1. The monoisotopic (exact) mass is 399 g/mol. The van der Waals surface area contributed by atoms with Gasteiger partial charge >= 0.3 is 6.18 Å². The minimum absolute atomic E-state index is 0.0861. The molecule has 0 amide bonds. The summed E-state index contributed by atoms with van der Waals surface area (Å²) >= 11 is -0.475. The van der Waals surface area contributed by atoms with Gasteiger partial charge in [0.2, 0.25) is 4.21 Å². The van der Waals surface area contributed by atoms with Gasteiger partial charge in [0.05, 0.1) is 16.6 Å². The zero-order valence-corrected chi connectivity index (χ0v) is 15.5. The van der Waals surface area contributed by atoms with Gasteiger partial charge in [0.15, 0.2) is 0 Å². The van der Waals surface area contributed by atoms with E-state index in [1.54, 1.807) is 12.1 Å². The van der Waals surface area contributed by atoms with Crippen molar-refractivity contribution in [3.63, 3.8) is 0 Å². The van der Waals surface area contributed by atoms with Crippen LogP contribution in [0, 0.1) is 0 Å². The van der Waals surface area contributed by atoms with Crippen LogP contribution in [0.15, 0.2) is 34.8 Å². The van der Waals surface area contributed by atoms with Gasteiger partial charge < -0.3 is 10.3 Å². The third-order valence-electron chi connectivity index (χ3n) is 3.82. The lowest BCUT2D eigenvalue weighted by Gasteiger charge is -2.11. The van der Waals surface area contributed by atoms with E-state index in [-0.39, 0.29) is 25.8 Å². The Bertz CT molecular complexity index is 913. The van der Waals surface area contributed by atoms with Crippen molar-refractivity contribution in [1.82, 2.24) is 9.97 Å². The maximum Gasteiger partial charge on any atom is 0.417 e. The lowest BCUT2D eigenvalue weighted by atomic mass is 10.1. The number of halogens is 3. The van der Waals surface area contributed by atoms with Crippen molar-refractivity contribution in [2.24, 2.45) is 0 Å². The Morgan fingerprint density at radius 1 is 1.35 bits per heavy atom. The topological polar surface area (TPSA) is 74.9 Å². The molecule has 0 aliphatic heterocycles. The van der Waals surface area contributed by atoms with Crippen molar-refractivity contribution in [2.75, 3.05) is 11.5 Å². The van der Waals surface area contributed by atoms with E-state index in [0.717, 1.165) is 23.8 Å². The molecule has 3 heterocycles. The van der Waals surface area contributed by atoms with E-state index in [4.69, 9.17) is 5.73 Å². The molecular formula is C17H16F3N3OS2. The maximum absolute atomic E-state index is 13.6. The second-order valence-electron chi connectivity index (χ2n) is 5.68. The normalized spacial score (nSPS) is 13.3. The third kappa shape index (κ3) is 3.65. The van der Waals surface area contributed by atoms with Gasteiger partial charge in [-0.3, -0.25) is 4.98 Å². The fourth-order valence-electron chi connectivity index (χ4n) is 2.52. The quantitative estimate of drug-likeness (QED) is 0.621. The Labute approximate surface area is 155 Å². The van der Waals surface area contributed by atoms with Crippen molar-refractivity contribution in [2.45, 2.75) is 30.2 Å². The van der Waals surface area contributed by atoms with Crippen LogP contribution in [-0.2, 0) is 17.4 Å². The van der Waals surface area contributed by atoms with Crippen LogP contribution in [0.2, 0.25) is 0 Å². The Hall–Kier alpha value is -1.84. The van der Waals surface area contributed by atoms with E-state index < -0.39 is 22.9 Å². The molecule has 1 atom stereocenters. The van der Waals surface area contributed by atoms with Gasteiger partial charge in [0.1, 0.15) is 16.3 Å². The third-order valence-corrected chi connectivity index (χ3v) is 6.81. The summed E-state index contributed by atoms with van der Waals surface area (Å²) in [7, 11) is 0. The van der Waals surface area contributed by atoms with E-state index in [1.165, 1.54) is 12.4 Å². The summed E-state index contributed by atoms with van der Waals surface area (Å²) in [6.07, 6.45) is -0.0690. The summed E-state index contributed by atoms with van der Waals surface area (Å²) in [5, 5.41) is -0.171. The van der Waals surface area contributed by atoms with E-state index in [0.29, 0.717) is 17.7 Å². The number of hydrogen-bond acceptors (Lipinski definition) is 5. The molecule has 0 aromatic carbocycles. The Balaban J connectivity index is 2.21. The van der Waals surface area contributed by atoms with Crippen LogP contribution < -0.4 is 5.73 Å². The molecule has 3 aromatic heterocycles. The molecule has 3 rings (SSSR count). The number of rotatable bonds is 5. The molecule has 0 aliphatic rings. The number of pyridine rings is 2. The largest absolute Gasteiger partial charge is 0.611 e. The standard InChI is InChI=1S/C17H16F3N3OS2/c1-2-3-7-26(24)16-14(21)13-11(17(18,19)20)8-12(23-15(13)25-16)10-5-4-6-22-9-10/h4-6,8-9H,2-3,7,21H2,1H3/t26-/m0/s1. The molecule has 2 N–H and O–H groups in total. The van der Waals surface area contributed by atoms with Crippen LogP contribution in [0.1, 0.15) is 25.3 Å². The van der Waals surface area contributed by atoms with Crippen LogP contribution >= 0.6 is 11.3 Å². The van der Waals surface area contributed by atoms with Gasteiger partial charge in [-0.15, -0.1) is 0 Å². The molecule has 0 aliphatic carbocycles. The zero-order valence-electron chi connectivity index (χ0n) is 13.8. The fourth-order valence-corrected chi connectivity index (χ4v) is 5.32. The molecule has 0 saturated carbocycles. The molecule has 0 unspecified atom stereocenters. The number of nitrogens with zero attached hydrogens (tertiary/aromatic N) is 2. The average molecular weight is 399 g/mol. The number of anilines is 1. The van der Waals surface area contributed by atoms with Gasteiger partial charge in [-0.2, -0.15) is 13.2 Å². The van der Waals surface area contributed by atoms with Crippen LogP contribution in [0.25, 0.3) is 21.5 Å². The maximum atomic E-state index is 13.6. The van der Waals surface area contributed by atoms with Crippen molar-refractivity contribution >= 4 is 38.4 Å². The highest BCUT2D eigenvalue weighted by molar-refractivity contribution is 7.93. The van der Waals surface area contributed by atoms with Crippen LogP contribution in [0.4, 0.5) is 18.9 Å². The second-order valence-corrected chi connectivity index (χ2v) is 8.45. The molecule has 26 heavy (non-hydrogen) atoms. The lowest BCUT2D eigenvalue weighted by Crippen LogP contribution is -2.09. The summed E-state index contributed by atoms with van der Waals surface area (Å²) in [5.41, 5.74) is 5.64. The second kappa shape index (κ2) is 7.42. The SMILES string of the molecule is CCCC[S@+]([O-])c1sc2nc(-c3cccnc3)cc(C(F)(F)F)c2c1N. The predicted molar refractivity (Wildman–Crippen MR) is 98.4 cm³/mol. The first-order chi connectivity index (χ1) is 12.3. The Kier molecular flexibility index (Phi) is 5.40. The molecule has 0 saturated heterocycles. The van der Waals surface area contributed by atoms with Crippen molar-refractivity contribution < 1.29 is 17.7 Å². The number of nitrogens with two attached hydrogens (primary N) is 1. The number of unbranched alkanes of at least 4 members (excludes halogenated alkanes) is 1. The van der Waals surface area contributed by atoms with Crippen molar-refractivity contribution in [3.05, 3.63) is 36.2 Å². The predicted octanol–water partition coefficient (Wildman–Crippen LogP) is 4.87. The molecule has 9 heteroatoms. The number of fused-ring (bicyclic) bond motifs is 1. The Morgan fingerprint density at radius 2 is 2.12 bits per heavy atom. The van der Waals surface area contributed by atoms with Crippen LogP contribution in [-0.4, -0.2) is 20.3 Å². The summed E-state index contributed by atoms with van der Waals surface area (Å²) < 4.78 is 53.6. The molecular weight excluding hydrogens is 383 g/mol. The van der Waals surface area contributed by atoms with Crippen LogP contribution in [0.3, 0.4) is 0 Å². The molecule has 0 bridgehead atoms. The average Bonchev–Trinajstić information content (AvgIpc) is 2.95. The molecule has 0 fully saturated rings. The first-order valence-electron chi connectivity index (χ1n) is 7.92. The van der Waals surface area contributed by atoms with Crippen LogP contribution in [0.5, 0.6) is 0 Å². The van der Waals surface area contributed by atoms with E-state index in [9.17, 15) is 17.7 Å². The fraction of sp³-hybridized carbons (Fsp3) is 0.294. The van der Waals surface area contributed by atoms with E-state index >= 15 is 0 Å². The molecule has 0 spiro atoms. The number of aromatic nitrogens is 2. The highest BCUT2D eigenvalue weighted by Crippen LogP contribution is 2.45. The first kappa shape index (κ1) is 18.9. The summed E-state index contributed by atoms with van der Waals surface area (Å²) in [6.45, 7) is 1.95. The number of nitrogen functional groups attached to an aromatic ring is 1. The lowest BCUT2D eigenvalue weighted by molar-refractivity contribution is -0.136. The summed E-state index contributed by atoms with van der Waals surface area (Å²) in [5.74, 6) is 0.365. The minimum Gasteiger partial charge on any atom is -0.611 e. The smallest absolute Gasteiger partial charge is 0.417 e.